The number of amides is 1. The molecule has 0 atom stereocenters. The van der Waals surface area contributed by atoms with Crippen molar-refractivity contribution in [2.24, 2.45) is 4.99 Å². The van der Waals surface area contributed by atoms with Gasteiger partial charge in [-0.3, -0.25) is 4.79 Å². The summed E-state index contributed by atoms with van der Waals surface area (Å²) in [6.45, 7) is 2.60. The van der Waals surface area contributed by atoms with Gasteiger partial charge < -0.3 is 10.4 Å². The Hall–Kier alpha value is -1.75. The molecule has 0 spiro atoms. The number of aliphatic hydroxyl groups is 1. The zero-order valence-electron chi connectivity index (χ0n) is 12.7. The Kier molecular flexibility index (Phi) is 4.52. The van der Waals surface area contributed by atoms with E-state index in [1.807, 2.05) is 13.0 Å². The molecule has 2 aliphatic rings. The minimum absolute atomic E-state index is 0.124. The first-order valence-electron chi connectivity index (χ1n) is 7.73. The van der Waals surface area contributed by atoms with Crippen LogP contribution in [0.25, 0.3) is 0 Å². The summed E-state index contributed by atoms with van der Waals surface area (Å²) in [6, 6.07) is 6.23. The number of aliphatic hydroxyl groups excluding tert-OH is 1. The lowest BCUT2D eigenvalue weighted by Crippen LogP contribution is -2.28. The summed E-state index contributed by atoms with van der Waals surface area (Å²) in [6.07, 6.45) is 4.32. The van der Waals surface area contributed by atoms with E-state index in [1.54, 1.807) is 0 Å². The van der Waals surface area contributed by atoms with Gasteiger partial charge >= 0.3 is 0 Å². The number of aryl methyl sites for hydroxylation is 2. The van der Waals surface area contributed by atoms with Crippen molar-refractivity contribution in [2.75, 3.05) is 12.3 Å². The molecule has 0 aromatic heterocycles. The van der Waals surface area contributed by atoms with Gasteiger partial charge in [0.15, 0.2) is 0 Å². The zero-order valence-corrected chi connectivity index (χ0v) is 13.5. The molecule has 0 bridgehead atoms. The third-order valence-corrected chi connectivity index (χ3v) is 4.91. The van der Waals surface area contributed by atoms with E-state index in [0.29, 0.717) is 22.9 Å². The number of fused-ring (bicyclic) bond motifs is 1. The van der Waals surface area contributed by atoms with Gasteiger partial charge in [0.2, 0.25) is 0 Å². The maximum atomic E-state index is 12.2. The molecule has 0 saturated carbocycles. The van der Waals surface area contributed by atoms with Crippen LogP contribution in [0.15, 0.2) is 34.5 Å². The predicted octanol–water partition coefficient (Wildman–Crippen LogP) is 3.29. The van der Waals surface area contributed by atoms with Gasteiger partial charge in [0.1, 0.15) is 16.4 Å². The highest BCUT2D eigenvalue weighted by Crippen LogP contribution is 2.31. The Balaban J connectivity index is 1.85. The van der Waals surface area contributed by atoms with Crippen LogP contribution in [0.5, 0.6) is 0 Å². The predicted molar refractivity (Wildman–Crippen MR) is 91.0 cm³/mol. The van der Waals surface area contributed by atoms with Crippen LogP contribution < -0.4 is 5.32 Å². The molecule has 1 heterocycles. The number of aliphatic imine (C=N–C) groups is 1. The van der Waals surface area contributed by atoms with Crippen molar-refractivity contribution in [1.82, 2.24) is 5.32 Å². The Morgan fingerprint density at radius 1 is 1.36 bits per heavy atom. The molecule has 4 nitrogen and oxygen atoms in total. The largest absolute Gasteiger partial charge is 0.510 e. The van der Waals surface area contributed by atoms with Crippen molar-refractivity contribution < 1.29 is 9.90 Å². The third-order valence-electron chi connectivity index (χ3n) is 3.92. The molecular weight excluding hydrogens is 296 g/mol. The number of rotatable bonds is 4. The summed E-state index contributed by atoms with van der Waals surface area (Å²) in [5.74, 6) is 0.307. The monoisotopic (exact) mass is 316 g/mol. The van der Waals surface area contributed by atoms with Gasteiger partial charge in [-0.2, -0.15) is 0 Å². The van der Waals surface area contributed by atoms with E-state index in [-0.39, 0.29) is 11.7 Å². The second kappa shape index (κ2) is 6.57. The fourth-order valence-electron chi connectivity index (χ4n) is 2.79. The summed E-state index contributed by atoms with van der Waals surface area (Å²) >= 11 is 1.41. The Morgan fingerprint density at radius 3 is 3.00 bits per heavy atom. The number of nitrogens with zero attached hydrogens (tertiary/aromatic N) is 1. The molecule has 116 valence electrons. The van der Waals surface area contributed by atoms with Crippen LogP contribution in [0.2, 0.25) is 0 Å². The number of benzene rings is 1. The van der Waals surface area contributed by atoms with E-state index in [9.17, 15) is 9.90 Å². The summed E-state index contributed by atoms with van der Waals surface area (Å²) < 4.78 is 0. The van der Waals surface area contributed by atoms with Crippen molar-refractivity contribution in [2.45, 2.75) is 32.6 Å². The highest BCUT2D eigenvalue weighted by Gasteiger charge is 2.27. The molecule has 22 heavy (non-hydrogen) atoms. The van der Waals surface area contributed by atoms with Gasteiger partial charge in [0, 0.05) is 6.54 Å². The molecule has 2 N–H and O–H groups in total. The average Bonchev–Trinajstić information content (AvgIpc) is 3.11. The smallest absolute Gasteiger partial charge is 0.257 e. The lowest BCUT2D eigenvalue weighted by Gasteiger charge is -2.06. The molecule has 1 aliphatic heterocycles. The lowest BCUT2D eigenvalue weighted by atomic mass is 10.1. The molecule has 1 amide bonds. The van der Waals surface area contributed by atoms with Crippen LogP contribution in [0, 0.1) is 0 Å². The number of carbonyl (C=O) groups excluding carboxylic acids is 1. The quantitative estimate of drug-likeness (QED) is 0.896. The van der Waals surface area contributed by atoms with Gasteiger partial charge in [-0.15, -0.1) is 0 Å². The van der Waals surface area contributed by atoms with Crippen molar-refractivity contribution in [3.05, 3.63) is 40.7 Å². The highest BCUT2D eigenvalue weighted by atomic mass is 32.2. The molecule has 0 radical (unpaired) electrons. The Morgan fingerprint density at radius 2 is 2.18 bits per heavy atom. The van der Waals surface area contributed by atoms with E-state index in [0.717, 1.165) is 24.9 Å². The minimum atomic E-state index is -0.232. The average molecular weight is 316 g/mol. The second-order valence-electron chi connectivity index (χ2n) is 5.59. The van der Waals surface area contributed by atoms with E-state index >= 15 is 0 Å². The molecule has 3 rings (SSSR count). The van der Waals surface area contributed by atoms with Crippen LogP contribution in [0.3, 0.4) is 0 Å². The number of thioether (sulfide) groups is 1. The van der Waals surface area contributed by atoms with E-state index in [1.165, 1.54) is 29.3 Å². The first-order valence-corrected chi connectivity index (χ1v) is 8.71. The van der Waals surface area contributed by atoms with E-state index in [2.05, 4.69) is 22.4 Å². The maximum Gasteiger partial charge on any atom is 0.257 e. The van der Waals surface area contributed by atoms with Gasteiger partial charge in [0.05, 0.1) is 11.4 Å². The summed E-state index contributed by atoms with van der Waals surface area (Å²) in [5.41, 5.74) is 3.95. The van der Waals surface area contributed by atoms with Crippen LogP contribution in [-0.4, -0.2) is 28.4 Å². The molecule has 1 aromatic carbocycles. The lowest BCUT2D eigenvalue weighted by molar-refractivity contribution is -0.117. The van der Waals surface area contributed by atoms with Crippen LogP contribution in [0.4, 0.5) is 5.69 Å². The molecule has 5 heteroatoms. The van der Waals surface area contributed by atoms with Gasteiger partial charge in [-0.05, 0) is 48.9 Å². The first kappa shape index (κ1) is 15.2. The molecular formula is C17H20N2O2S. The van der Waals surface area contributed by atoms with Crippen LogP contribution in [0.1, 0.15) is 30.9 Å². The SMILES string of the molecule is CCCNC(=O)C1=C(O)CSC1=Nc1ccc2c(c1)CCC2. The van der Waals surface area contributed by atoms with Crippen LogP contribution in [-0.2, 0) is 17.6 Å². The topological polar surface area (TPSA) is 61.7 Å². The van der Waals surface area contributed by atoms with Gasteiger partial charge in [0.25, 0.3) is 5.91 Å². The van der Waals surface area contributed by atoms with Crippen molar-refractivity contribution in [1.29, 1.82) is 0 Å². The fraction of sp³-hybridized carbons (Fsp3) is 0.412. The Bertz CT molecular complexity index is 665. The molecule has 1 aromatic rings. The summed E-state index contributed by atoms with van der Waals surface area (Å²) in [5, 5.41) is 13.4. The number of carbonyl (C=O) groups is 1. The maximum absolute atomic E-state index is 12.2. The highest BCUT2D eigenvalue weighted by molar-refractivity contribution is 8.15. The van der Waals surface area contributed by atoms with Crippen LogP contribution >= 0.6 is 11.8 Å². The van der Waals surface area contributed by atoms with Crippen molar-refractivity contribution in [3.63, 3.8) is 0 Å². The number of hydrogen-bond donors (Lipinski definition) is 2. The Labute approximate surface area is 134 Å². The van der Waals surface area contributed by atoms with Gasteiger partial charge in [-0.25, -0.2) is 4.99 Å². The molecule has 0 unspecified atom stereocenters. The first-order chi connectivity index (χ1) is 10.7. The van der Waals surface area contributed by atoms with E-state index < -0.39 is 0 Å². The van der Waals surface area contributed by atoms with Gasteiger partial charge in [-0.1, -0.05) is 24.8 Å². The fourth-order valence-corrected chi connectivity index (χ4v) is 3.74. The number of nitrogens with one attached hydrogen (secondary N) is 1. The minimum Gasteiger partial charge on any atom is -0.510 e. The normalized spacial score (nSPS) is 18.9. The molecule has 1 aliphatic carbocycles. The summed E-state index contributed by atoms with van der Waals surface area (Å²) in [4.78, 5) is 16.8. The van der Waals surface area contributed by atoms with E-state index in [4.69, 9.17) is 0 Å². The molecule has 0 saturated heterocycles. The zero-order chi connectivity index (χ0) is 15.5. The molecule has 0 fully saturated rings. The van der Waals surface area contributed by atoms with Crippen molar-refractivity contribution in [3.8, 4) is 0 Å². The van der Waals surface area contributed by atoms with Crippen molar-refractivity contribution >= 4 is 28.4 Å². The second-order valence-corrected chi connectivity index (χ2v) is 6.55. The standard InChI is InChI=1S/C17H20N2O2S/c1-2-8-18-16(21)15-14(20)10-22-17(15)19-13-7-6-11-4-3-5-12(11)9-13/h6-7,9,20H,2-5,8,10H2,1H3,(H,18,21). The summed E-state index contributed by atoms with van der Waals surface area (Å²) in [7, 11) is 0. The number of hydrogen-bond acceptors (Lipinski definition) is 4. The third kappa shape index (κ3) is 3.04.